The zero-order valence-corrected chi connectivity index (χ0v) is 16.3. The van der Waals surface area contributed by atoms with Crippen molar-refractivity contribution in [3.8, 4) is 17.1 Å². The first-order valence-corrected chi connectivity index (χ1v) is 9.43. The number of carbonyl (C=O) groups excluding carboxylic acids is 1. The highest BCUT2D eigenvalue weighted by Gasteiger charge is 2.35. The van der Waals surface area contributed by atoms with E-state index in [9.17, 15) is 4.79 Å². The van der Waals surface area contributed by atoms with Crippen molar-refractivity contribution >= 4 is 11.6 Å². The molecule has 1 unspecified atom stereocenters. The lowest BCUT2D eigenvalue weighted by Gasteiger charge is -2.18. The molecule has 1 amide bonds. The predicted molar refractivity (Wildman–Crippen MR) is 107 cm³/mol. The van der Waals surface area contributed by atoms with E-state index in [4.69, 9.17) is 9.26 Å². The Balaban J connectivity index is 1.55. The predicted octanol–water partition coefficient (Wildman–Crippen LogP) is 4.39. The maximum Gasteiger partial charge on any atom is 0.232 e. The molecule has 1 aromatic heterocycles. The molecular weight excluding hydrogens is 354 g/mol. The first kappa shape index (κ1) is 18.2. The highest BCUT2D eigenvalue weighted by Crippen LogP contribution is 2.33. The number of hydrogen-bond donors (Lipinski definition) is 0. The van der Waals surface area contributed by atoms with Gasteiger partial charge in [-0.25, -0.2) is 0 Å². The maximum atomic E-state index is 12.6. The fourth-order valence-electron chi connectivity index (χ4n) is 3.45. The Hall–Kier alpha value is -3.15. The smallest absolute Gasteiger partial charge is 0.232 e. The average Bonchev–Trinajstić information content (AvgIpc) is 3.35. The quantitative estimate of drug-likeness (QED) is 0.660. The molecule has 28 heavy (non-hydrogen) atoms. The molecule has 1 aliphatic heterocycles. The van der Waals surface area contributed by atoms with E-state index in [2.05, 4.69) is 36.1 Å². The monoisotopic (exact) mass is 377 g/mol. The highest BCUT2D eigenvalue weighted by atomic mass is 16.5. The molecule has 1 aliphatic rings. The van der Waals surface area contributed by atoms with E-state index in [-0.39, 0.29) is 11.8 Å². The van der Waals surface area contributed by atoms with E-state index >= 15 is 0 Å². The van der Waals surface area contributed by atoms with Crippen molar-refractivity contribution in [1.82, 2.24) is 10.1 Å². The molecule has 4 rings (SSSR count). The number of benzene rings is 2. The molecule has 0 aliphatic carbocycles. The van der Waals surface area contributed by atoms with Crippen molar-refractivity contribution in [2.75, 3.05) is 18.6 Å². The van der Waals surface area contributed by atoms with Gasteiger partial charge in [-0.05, 0) is 35.7 Å². The lowest BCUT2D eigenvalue weighted by atomic mass is 10.0. The summed E-state index contributed by atoms with van der Waals surface area (Å²) in [7, 11) is 1.62. The summed E-state index contributed by atoms with van der Waals surface area (Å²) in [5.74, 6) is 2.11. The number of methoxy groups -OCH3 is 1. The first-order valence-electron chi connectivity index (χ1n) is 9.43. The molecule has 1 saturated heterocycles. The molecular formula is C22H23N3O3. The zero-order chi connectivity index (χ0) is 19.7. The van der Waals surface area contributed by atoms with Crippen LogP contribution in [0.3, 0.4) is 0 Å². The molecule has 2 heterocycles. The van der Waals surface area contributed by atoms with Gasteiger partial charge in [0.1, 0.15) is 5.75 Å². The van der Waals surface area contributed by atoms with Crippen LogP contribution in [0.4, 0.5) is 5.69 Å². The van der Waals surface area contributed by atoms with Gasteiger partial charge in [-0.3, -0.25) is 4.79 Å². The van der Waals surface area contributed by atoms with Gasteiger partial charge >= 0.3 is 0 Å². The summed E-state index contributed by atoms with van der Waals surface area (Å²) in [4.78, 5) is 19.0. The minimum atomic E-state index is -0.109. The van der Waals surface area contributed by atoms with Crippen molar-refractivity contribution in [2.24, 2.45) is 0 Å². The second kappa shape index (κ2) is 7.46. The number of nitrogens with zero attached hydrogens (tertiary/aromatic N) is 3. The number of ether oxygens (including phenoxy) is 1. The number of carbonyl (C=O) groups is 1. The van der Waals surface area contributed by atoms with Gasteiger partial charge in [0, 0.05) is 24.2 Å². The first-order chi connectivity index (χ1) is 13.5. The van der Waals surface area contributed by atoms with Gasteiger partial charge in [-0.1, -0.05) is 43.3 Å². The number of rotatable bonds is 5. The second-order valence-electron chi connectivity index (χ2n) is 7.34. The van der Waals surface area contributed by atoms with Crippen molar-refractivity contribution in [3.63, 3.8) is 0 Å². The molecule has 0 spiro atoms. The highest BCUT2D eigenvalue weighted by molar-refractivity contribution is 5.96. The summed E-state index contributed by atoms with van der Waals surface area (Å²) in [5.41, 5.74) is 2.96. The second-order valence-corrected chi connectivity index (χ2v) is 7.34. The molecule has 0 N–H and O–H groups in total. The van der Waals surface area contributed by atoms with Crippen LogP contribution in [0.5, 0.6) is 5.75 Å². The van der Waals surface area contributed by atoms with Crippen molar-refractivity contribution in [3.05, 3.63) is 60.0 Å². The van der Waals surface area contributed by atoms with Crippen LogP contribution in [-0.2, 0) is 4.79 Å². The number of hydrogen-bond acceptors (Lipinski definition) is 5. The summed E-state index contributed by atoms with van der Waals surface area (Å²) < 4.78 is 10.7. The average molecular weight is 377 g/mol. The molecule has 3 aromatic rings. The minimum Gasteiger partial charge on any atom is -0.497 e. The Kier molecular flexibility index (Phi) is 4.86. The van der Waals surface area contributed by atoms with Crippen LogP contribution in [0.25, 0.3) is 11.4 Å². The summed E-state index contributed by atoms with van der Waals surface area (Å²) in [6.45, 7) is 4.83. The summed E-state index contributed by atoms with van der Waals surface area (Å²) in [6.07, 6.45) is 0.367. The fourth-order valence-corrected chi connectivity index (χ4v) is 3.45. The largest absolute Gasteiger partial charge is 0.497 e. The van der Waals surface area contributed by atoms with E-state index in [0.717, 1.165) is 17.0 Å². The number of amides is 1. The molecule has 6 nitrogen and oxygen atoms in total. The van der Waals surface area contributed by atoms with Crippen LogP contribution in [-0.4, -0.2) is 29.7 Å². The SMILES string of the molecule is COc1cccc(-c2noc(C3CC(=O)N(c4cccc(C(C)C)c4)C3)n2)c1. The van der Waals surface area contributed by atoms with Crippen LogP contribution in [0.15, 0.2) is 53.1 Å². The third-order valence-electron chi connectivity index (χ3n) is 5.09. The van der Waals surface area contributed by atoms with Gasteiger partial charge in [0.05, 0.1) is 13.0 Å². The van der Waals surface area contributed by atoms with Gasteiger partial charge < -0.3 is 14.2 Å². The minimum absolute atomic E-state index is 0.0760. The van der Waals surface area contributed by atoms with Crippen LogP contribution in [0.2, 0.25) is 0 Å². The van der Waals surface area contributed by atoms with E-state index in [1.807, 2.05) is 41.3 Å². The molecule has 1 atom stereocenters. The molecule has 2 aromatic carbocycles. The number of aromatic nitrogens is 2. The van der Waals surface area contributed by atoms with Crippen molar-refractivity contribution < 1.29 is 14.1 Å². The van der Waals surface area contributed by atoms with Gasteiger partial charge in [0.2, 0.25) is 17.6 Å². The molecule has 0 saturated carbocycles. The Morgan fingerprint density at radius 2 is 2.00 bits per heavy atom. The summed E-state index contributed by atoms with van der Waals surface area (Å²) in [5, 5.41) is 4.10. The molecule has 1 fully saturated rings. The Labute approximate surface area is 164 Å². The molecule has 6 heteroatoms. The maximum absolute atomic E-state index is 12.6. The summed E-state index contributed by atoms with van der Waals surface area (Å²) >= 11 is 0. The van der Waals surface area contributed by atoms with Gasteiger partial charge in [0.15, 0.2) is 0 Å². The Bertz CT molecular complexity index is 996. The number of anilines is 1. The van der Waals surface area contributed by atoms with Crippen LogP contribution in [0.1, 0.15) is 43.6 Å². The topological polar surface area (TPSA) is 68.5 Å². The van der Waals surface area contributed by atoms with E-state index in [1.165, 1.54) is 5.56 Å². The van der Waals surface area contributed by atoms with E-state index in [1.54, 1.807) is 7.11 Å². The Morgan fingerprint density at radius 1 is 1.18 bits per heavy atom. The third-order valence-corrected chi connectivity index (χ3v) is 5.09. The van der Waals surface area contributed by atoms with Crippen LogP contribution >= 0.6 is 0 Å². The molecule has 0 radical (unpaired) electrons. The lowest BCUT2D eigenvalue weighted by Crippen LogP contribution is -2.24. The van der Waals surface area contributed by atoms with Crippen molar-refractivity contribution in [1.29, 1.82) is 0 Å². The van der Waals surface area contributed by atoms with E-state index < -0.39 is 0 Å². The van der Waals surface area contributed by atoms with Gasteiger partial charge in [-0.15, -0.1) is 0 Å². The lowest BCUT2D eigenvalue weighted by molar-refractivity contribution is -0.117. The third kappa shape index (κ3) is 3.50. The summed E-state index contributed by atoms with van der Waals surface area (Å²) in [6, 6.07) is 15.7. The molecule has 0 bridgehead atoms. The molecule has 144 valence electrons. The normalized spacial score (nSPS) is 16.8. The van der Waals surface area contributed by atoms with Crippen LogP contribution in [0, 0.1) is 0 Å². The standard InChI is InChI=1S/C22H23N3O3/c1-14(2)15-6-4-8-18(10-15)25-13-17(12-20(25)26)22-23-21(24-28-22)16-7-5-9-19(11-16)27-3/h4-11,14,17H,12-13H2,1-3H3. The Morgan fingerprint density at radius 3 is 2.79 bits per heavy atom. The van der Waals surface area contributed by atoms with Crippen LogP contribution < -0.4 is 9.64 Å². The van der Waals surface area contributed by atoms with Gasteiger partial charge in [-0.2, -0.15) is 4.98 Å². The zero-order valence-electron chi connectivity index (χ0n) is 16.3. The van der Waals surface area contributed by atoms with E-state index in [0.29, 0.717) is 30.6 Å². The fraction of sp³-hybridized carbons (Fsp3) is 0.318. The van der Waals surface area contributed by atoms with Gasteiger partial charge in [0.25, 0.3) is 0 Å². The van der Waals surface area contributed by atoms with Crippen molar-refractivity contribution in [2.45, 2.75) is 32.1 Å².